The molecule has 0 fully saturated rings. The standard InChI is InChI=1S/C24H21N3O4/c1-31-18-11-7-10-17(15-18)25-22(28)21(14-16-8-3-2-4-9-16)27-23(29)19-12-5-6-13-20(19)26-24(27)30/h2-13,15,21H,14H2,1H3,(H,25,28)(H,26,30). The van der Waals surface area contributed by atoms with Crippen LogP contribution in [0.3, 0.4) is 0 Å². The van der Waals surface area contributed by atoms with Crippen LogP contribution in [-0.2, 0) is 11.2 Å². The van der Waals surface area contributed by atoms with Crippen LogP contribution in [0.25, 0.3) is 10.9 Å². The molecule has 0 aliphatic rings. The molecule has 31 heavy (non-hydrogen) atoms. The fraction of sp³-hybridized carbons (Fsp3) is 0.125. The lowest BCUT2D eigenvalue weighted by Gasteiger charge is -2.19. The van der Waals surface area contributed by atoms with E-state index in [-0.39, 0.29) is 6.42 Å². The summed E-state index contributed by atoms with van der Waals surface area (Å²) in [6.07, 6.45) is 0.179. The number of aromatic nitrogens is 2. The number of amides is 1. The van der Waals surface area contributed by atoms with Crippen molar-refractivity contribution in [3.63, 3.8) is 0 Å². The summed E-state index contributed by atoms with van der Waals surface area (Å²) < 4.78 is 6.19. The molecule has 4 aromatic rings. The van der Waals surface area contributed by atoms with Gasteiger partial charge in [-0.25, -0.2) is 9.36 Å². The molecule has 0 aliphatic heterocycles. The molecule has 0 saturated carbocycles. The van der Waals surface area contributed by atoms with Crippen molar-refractivity contribution >= 4 is 22.5 Å². The summed E-state index contributed by atoms with van der Waals surface area (Å²) >= 11 is 0. The minimum absolute atomic E-state index is 0.179. The van der Waals surface area contributed by atoms with Crippen molar-refractivity contribution in [2.24, 2.45) is 0 Å². The van der Waals surface area contributed by atoms with Crippen molar-refractivity contribution < 1.29 is 9.53 Å². The number of hydrogen-bond acceptors (Lipinski definition) is 4. The van der Waals surface area contributed by atoms with Gasteiger partial charge in [0.1, 0.15) is 11.8 Å². The van der Waals surface area contributed by atoms with Crippen LogP contribution in [0.1, 0.15) is 11.6 Å². The molecule has 1 aromatic heterocycles. The number of benzene rings is 3. The lowest BCUT2D eigenvalue weighted by atomic mass is 10.0. The highest BCUT2D eigenvalue weighted by molar-refractivity contribution is 5.94. The second-order valence-electron chi connectivity index (χ2n) is 7.08. The van der Waals surface area contributed by atoms with Gasteiger partial charge in [0, 0.05) is 18.2 Å². The van der Waals surface area contributed by atoms with Crippen molar-refractivity contribution in [2.45, 2.75) is 12.5 Å². The average molecular weight is 415 g/mol. The van der Waals surface area contributed by atoms with Crippen LogP contribution in [0.4, 0.5) is 5.69 Å². The Balaban J connectivity index is 1.80. The summed E-state index contributed by atoms with van der Waals surface area (Å²) in [5, 5.41) is 3.15. The number of nitrogens with one attached hydrogen (secondary N) is 2. The first kappa shape index (κ1) is 20.2. The number of rotatable bonds is 6. The minimum Gasteiger partial charge on any atom is -0.497 e. The van der Waals surface area contributed by atoms with Gasteiger partial charge < -0.3 is 15.0 Å². The van der Waals surface area contributed by atoms with Gasteiger partial charge >= 0.3 is 5.69 Å². The molecule has 0 saturated heterocycles. The molecule has 156 valence electrons. The van der Waals surface area contributed by atoms with E-state index in [1.807, 2.05) is 30.3 Å². The molecule has 7 heteroatoms. The Labute approximate surface area is 177 Å². The first-order valence-electron chi connectivity index (χ1n) is 9.79. The van der Waals surface area contributed by atoms with Gasteiger partial charge in [0.2, 0.25) is 5.91 Å². The Kier molecular flexibility index (Phi) is 5.66. The topological polar surface area (TPSA) is 93.2 Å². The maximum atomic E-state index is 13.3. The van der Waals surface area contributed by atoms with Crippen molar-refractivity contribution in [2.75, 3.05) is 12.4 Å². The quantitative estimate of drug-likeness (QED) is 0.506. The molecule has 2 N–H and O–H groups in total. The van der Waals surface area contributed by atoms with Crippen LogP contribution in [0, 0.1) is 0 Å². The lowest BCUT2D eigenvalue weighted by Crippen LogP contribution is -2.43. The Morgan fingerprint density at radius 3 is 2.52 bits per heavy atom. The second-order valence-corrected chi connectivity index (χ2v) is 7.08. The van der Waals surface area contributed by atoms with E-state index < -0.39 is 23.2 Å². The lowest BCUT2D eigenvalue weighted by molar-refractivity contribution is -0.119. The summed E-state index contributed by atoms with van der Waals surface area (Å²) in [7, 11) is 1.54. The van der Waals surface area contributed by atoms with Gasteiger partial charge in [-0.15, -0.1) is 0 Å². The van der Waals surface area contributed by atoms with Gasteiger partial charge in [-0.3, -0.25) is 9.59 Å². The number of ether oxygens (including phenoxy) is 1. The van der Waals surface area contributed by atoms with Crippen LogP contribution in [-0.4, -0.2) is 22.6 Å². The number of fused-ring (bicyclic) bond motifs is 1. The monoisotopic (exact) mass is 415 g/mol. The molecule has 1 heterocycles. The number of H-pyrrole nitrogens is 1. The Hall–Kier alpha value is -4.13. The smallest absolute Gasteiger partial charge is 0.329 e. The van der Waals surface area contributed by atoms with Crippen LogP contribution in [0.5, 0.6) is 5.75 Å². The van der Waals surface area contributed by atoms with Gasteiger partial charge in [-0.1, -0.05) is 48.5 Å². The zero-order chi connectivity index (χ0) is 21.8. The highest BCUT2D eigenvalue weighted by atomic mass is 16.5. The number of carbonyl (C=O) groups is 1. The van der Waals surface area contributed by atoms with Gasteiger partial charge in [-0.2, -0.15) is 0 Å². The number of hydrogen-bond donors (Lipinski definition) is 2. The Morgan fingerprint density at radius 1 is 1.00 bits per heavy atom. The summed E-state index contributed by atoms with van der Waals surface area (Å²) in [6, 6.07) is 21.8. The van der Waals surface area contributed by atoms with Crippen molar-refractivity contribution in [1.82, 2.24) is 9.55 Å². The van der Waals surface area contributed by atoms with Crippen LogP contribution < -0.4 is 21.3 Å². The van der Waals surface area contributed by atoms with E-state index in [2.05, 4.69) is 10.3 Å². The van der Waals surface area contributed by atoms with Gasteiger partial charge in [-0.05, 0) is 29.8 Å². The molecular formula is C24H21N3O4. The fourth-order valence-electron chi connectivity index (χ4n) is 3.52. The zero-order valence-corrected chi connectivity index (χ0v) is 16.9. The van der Waals surface area contributed by atoms with E-state index in [9.17, 15) is 14.4 Å². The third-order valence-electron chi connectivity index (χ3n) is 5.06. The van der Waals surface area contributed by atoms with Crippen LogP contribution in [0.15, 0.2) is 88.5 Å². The largest absolute Gasteiger partial charge is 0.497 e. The Bertz CT molecular complexity index is 1340. The summed E-state index contributed by atoms with van der Waals surface area (Å²) in [5.41, 5.74) is 0.618. The predicted molar refractivity (Wildman–Crippen MR) is 120 cm³/mol. The van der Waals surface area contributed by atoms with E-state index in [0.717, 1.165) is 10.1 Å². The summed E-state index contributed by atoms with van der Waals surface area (Å²) in [6.45, 7) is 0. The average Bonchev–Trinajstić information content (AvgIpc) is 2.79. The van der Waals surface area contributed by atoms with Crippen LogP contribution in [0.2, 0.25) is 0 Å². The third kappa shape index (κ3) is 4.25. The fourth-order valence-corrected chi connectivity index (χ4v) is 3.52. The SMILES string of the molecule is COc1cccc(NC(=O)C(Cc2ccccc2)n2c(=O)[nH]c3ccccc3c2=O)c1. The van der Waals surface area contributed by atoms with Crippen molar-refractivity contribution in [1.29, 1.82) is 0 Å². The number of para-hydroxylation sites is 1. The Morgan fingerprint density at radius 2 is 1.74 bits per heavy atom. The highest BCUT2D eigenvalue weighted by Gasteiger charge is 2.25. The van der Waals surface area contributed by atoms with Crippen molar-refractivity contribution in [3.05, 3.63) is 105 Å². The second kappa shape index (κ2) is 8.71. The van der Waals surface area contributed by atoms with E-state index >= 15 is 0 Å². The number of anilines is 1. The molecule has 0 radical (unpaired) electrons. The summed E-state index contributed by atoms with van der Waals surface area (Å²) in [5.74, 6) is 0.109. The van der Waals surface area contributed by atoms with E-state index in [0.29, 0.717) is 22.3 Å². The molecule has 7 nitrogen and oxygen atoms in total. The molecule has 4 rings (SSSR count). The first-order valence-corrected chi connectivity index (χ1v) is 9.79. The molecule has 0 aliphatic carbocycles. The number of carbonyl (C=O) groups excluding carboxylic acids is 1. The molecule has 1 amide bonds. The molecular weight excluding hydrogens is 394 g/mol. The molecule has 0 spiro atoms. The molecule has 3 aromatic carbocycles. The number of aromatic amines is 1. The molecule has 0 bridgehead atoms. The number of nitrogens with zero attached hydrogens (tertiary/aromatic N) is 1. The summed E-state index contributed by atoms with van der Waals surface area (Å²) in [4.78, 5) is 42.0. The maximum absolute atomic E-state index is 13.3. The normalized spacial score (nSPS) is 11.8. The van der Waals surface area contributed by atoms with E-state index in [4.69, 9.17) is 4.74 Å². The van der Waals surface area contributed by atoms with Crippen LogP contribution >= 0.6 is 0 Å². The van der Waals surface area contributed by atoms with E-state index in [1.165, 1.54) is 7.11 Å². The first-order chi connectivity index (χ1) is 15.1. The third-order valence-corrected chi connectivity index (χ3v) is 5.06. The van der Waals surface area contributed by atoms with Gasteiger partial charge in [0.05, 0.1) is 18.0 Å². The predicted octanol–water partition coefficient (Wildman–Crippen LogP) is 3.12. The van der Waals surface area contributed by atoms with Gasteiger partial charge in [0.25, 0.3) is 5.56 Å². The number of methoxy groups -OCH3 is 1. The van der Waals surface area contributed by atoms with Gasteiger partial charge in [0.15, 0.2) is 0 Å². The van der Waals surface area contributed by atoms with E-state index in [1.54, 1.807) is 48.5 Å². The van der Waals surface area contributed by atoms with Crippen molar-refractivity contribution in [3.8, 4) is 5.75 Å². The maximum Gasteiger partial charge on any atom is 0.329 e. The zero-order valence-electron chi connectivity index (χ0n) is 16.9. The molecule has 1 atom stereocenters. The highest BCUT2D eigenvalue weighted by Crippen LogP contribution is 2.20. The minimum atomic E-state index is -1.05. The molecule has 1 unspecified atom stereocenters.